The van der Waals surface area contributed by atoms with Gasteiger partial charge in [0.05, 0.1) is 23.3 Å². The van der Waals surface area contributed by atoms with E-state index in [1.165, 1.54) is 0 Å². The van der Waals surface area contributed by atoms with Crippen molar-refractivity contribution >= 4 is 11.8 Å². The molecule has 1 N–H and O–H groups in total. The fourth-order valence-corrected chi connectivity index (χ4v) is 4.49. The fourth-order valence-electron chi connectivity index (χ4n) is 4.49. The maximum atomic E-state index is 12.9. The lowest BCUT2D eigenvalue weighted by Gasteiger charge is -2.50. The van der Waals surface area contributed by atoms with E-state index in [0.29, 0.717) is 56.2 Å². The van der Waals surface area contributed by atoms with Gasteiger partial charge in [-0.25, -0.2) is 9.97 Å². The average molecular weight is 371 g/mol. The lowest BCUT2D eigenvalue weighted by atomic mass is 9.78. The summed E-state index contributed by atoms with van der Waals surface area (Å²) in [5, 5.41) is 0. The number of rotatable bonds is 2. The van der Waals surface area contributed by atoms with Gasteiger partial charge in [0.2, 0.25) is 11.7 Å². The molecule has 8 heteroatoms. The molecule has 2 aliphatic heterocycles. The van der Waals surface area contributed by atoms with E-state index in [2.05, 4.69) is 15.0 Å². The molecule has 1 saturated heterocycles. The smallest absolute Gasteiger partial charge is 0.291 e. The highest BCUT2D eigenvalue weighted by atomic mass is 16.4. The van der Waals surface area contributed by atoms with Crippen molar-refractivity contribution in [1.82, 2.24) is 24.8 Å². The summed E-state index contributed by atoms with van der Waals surface area (Å²) in [4.78, 5) is 41.3. The zero-order chi connectivity index (χ0) is 19.2. The molecule has 1 fully saturated rings. The number of carbonyl (C=O) groups is 2. The van der Waals surface area contributed by atoms with E-state index >= 15 is 0 Å². The first-order valence-electron chi connectivity index (χ1n) is 9.53. The molecule has 2 aromatic heterocycles. The molecule has 1 spiro atoms. The number of oxazole rings is 1. The maximum absolute atomic E-state index is 12.9. The van der Waals surface area contributed by atoms with Crippen molar-refractivity contribution in [1.29, 1.82) is 0 Å². The number of aromatic amines is 1. The highest BCUT2D eigenvalue weighted by molar-refractivity contribution is 5.92. The van der Waals surface area contributed by atoms with Crippen LogP contribution >= 0.6 is 0 Å². The number of aromatic nitrogens is 3. The first-order chi connectivity index (χ1) is 13.0. The molecule has 2 aliphatic rings. The van der Waals surface area contributed by atoms with Crippen LogP contribution in [0.2, 0.25) is 0 Å². The quantitative estimate of drug-likeness (QED) is 0.870. The van der Waals surface area contributed by atoms with Gasteiger partial charge in [0.25, 0.3) is 5.91 Å². The maximum Gasteiger partial charge on any atom is 0.291 e. The van der Waals surface area contributed by atoms with Gasteiger partial charge < -0.3 is 19.2 Å². The number of H-pyrrole nitrogens is 1. The zero-order valence-electron chi connectivity index (χ0n) is 16.0. The predicted molar refractivity (Wildman–Crippen MR) is 97.1 cm³/mol. The third kappa shape index (κ3) is 2.74. The van der Waals surface area contributed by atoms with Crippen molar-refractivity contribution in [3.8, 4) is 0 Å². The normalized spacial score (nSPS) is 18.6. The summed E-state index contributed by atoms with van der Waals surface area (Å²) in [5.41, 5.74) is 2.27. The summed E-state index contributed by atoms with van der Waals surface area (Å²) < 4.78 is 5.50. The minimum atomic E-state index is -0.427. The summed E-state index contributed by atoms with van der Waals surface area (Å²) >= 11 is 0. The zero-order valence-corrected chi connectivity index (χ0v) is 16.0. The van der Waals surface area contributed by atoms with Crippen molar-refractivity contribution in [2.24, 2.45) is 0 Å². The van der Waals surface area contributed by atoms with Crippen LogP contribution in [0.1, 0.15) is 59.7 Å². The van der Waals surface area contributed by atoms with E-state index in [4.69, 9.17) is 4.42 Å². The lowest BCUT2D eigenvalue weighted by Crippen LogP contribution is -2.58. The summed E-state index contributed by atoms with van der Waals surface area (Å²) in [6, 6.07) is 0. The number of nitrogens with zero attached hydrogens (tertiary/aromatic N) is 4. The number of hydrogen-bond acceptors (Lipinski definition) is 5. The van der Waals surface area contributed by atoms with Gasteiger partial charge in [0, 0.05) is 45.1 Å². The molecule has 144 valence electrons. The first-order valence-corrected chi connectivity index (χ1v) is 9.53. The Balaban J connectivity index is 1.60. The first kappa shape index (κ1) is 17.8. The number of nitrogens with one attached hydrogen (secondary N) is 1. The van der Waals surface area contributed by atoms with Gasteiger partial charge in [0.15, 0.2) is 5.89 Å². The number of imidazole rings is 1. The Bertz CT molecular complexity index is 876. The minimum absolute atomic E-state index is 0.130. The summed E-state index contributed by atoms with van der Waals surface area (Å²) in [6.07, 6.45) is 4.33. The average Bonchev–Trinajstić information content (AvgIpc) is 3.28. The molecule has 4 rings (SSSR count). The van der Waals surface area contributed by atoms with Gasteiger partial charge in [-0.05, 0) is 19.8 Å². The van der Waals surface area contributed by atoms with Crippen molar-refractivity contribution < 1.29 is 14.0 Å². The Labute approximate surface area is 158 Å². The molecule has 0 unspecified atom stereocenters. The molecule has 0 aliphatic carbocycles. The van der Waals surface area contributed by atoms with E-state index in [0.717, 1.165) is 17.8 Å². The van der Waals surface area contributed by atoms with Crippen LogP contribution in [0.25, 0.3) is 0 Å². The van der Waals surface area contributed by atoms with Crippen molar-refractivity contribution in [2.45, 2.75) is 52.0 Å². The summed E-state index contributed by atoms with van der Waals surface area (Å²) in [5.74, 6) is 0.825. The van der Waals surface area contributed by atoms with Crippen molar-refractivity contribution in [2.75, 3.05) is 19.6 Å². The molecule has 0 saturated carbocycles. The largest absolute Gasteiger partial charge is 0.436 e. The van der Waals surface area contributed by atoms with Gasteiger partial charge >= 0.3 is 0 Å². The van der Waals surface area contributed by atoms with E-state index < -0.39 is 5.54 Å². The summed E-state index contributed by atoms with van der Waals surface area (Å²) in [7, 11) is 0. The Hall–Kier alpha value is -2.64. The van der Waals surface area contributed by atoms with Crippen LogP contribution in [0.4, 0.5) is 0 Å². The van der Waals surface area contributed by atoms with Crippen LogP contribution in [0.3, 0.4) is 0 Å². The molecule has 0 aromatic carbocycles. The number of hydrogen-bond donors (Lipinski definition) is 1. The molecule has 4 heterocycles. The second-order valence-electron chi connectivity index (χ2n) is 7.35. The SMILES string of the molecule is CCC(=O)N1CCc2[nH]cnc2C12CCN(C(=O)c1oc(C)nc1C)CC2. The van der Waals surface area contributed by atoms with Gasteiger partial charge in [-0.15, -0.1) is 0 Å². The molecular formula is C19H25N5O3. The monoisotopic (exact) mass is 371 g/mol. The Kier molecular flexibility index (Phi) is 4.28. The van der Waals surface area contributed by atoms with E-state index in [1.54, 1.807) is 25.1 Å². The Morgan fingerprint density at radius 1 is 1.26 bits per heavy atom. The predicted octanol–water partition coefficient (Wildman–Crippen LogP) is 1.94. The standard InChI is InChI=1S/C19H25N5O3/c1-4-15(25)24-8-5-14-17(21-11-20-14)19(24)6-9-23(10-7-19)18(26)16-12(2)22-13(3)27-16/h11H,4-10H2,1-3H3,(H,20,21). The van der Waals surface area contributed by atoms with Crippen LogP contribution in [-0.2, 0) is 16.8 Å². The van der Waals surface area contributed by atoms with E-state index in [1.807, 2.05) is 11.8 Å². The van der Waals surface area contributed by atoms with Crippen LogP contribution in [0.15, 0.2) is 10.7 Å². The number of fused-ring (bicyclic) bond motifs is 2. The van der Waals surface area contributed by atoms with Crippen LogP contribution < -0.4 is 0 Å². The van der Waals surface area contributed by atoms with Crippen LogP contribution in [0.5, 0.6) is 0 Å². The van der Waals surface area contributed by atoms with E-state index in [9.17, 15) is 9.59 Å². The second kappa shape index (κ2) is 6.51. The third-order valence-electron chi connectivity index (χ3n) is 5.84. The highest BCUT2D eigenvalue weighted by Gasteiger charge is 2.49. The van der Waals surface area contributed by atoms with Gasteiger partial charge in [-0.2, -0.15) is 0 Å². The number of piperidine rings is 1. The van der Waals surface area contributed by atoms with Gasteiger partial charge in [0.1, 0.15) is 0 Å². The molecular weight excluding hydrogens is 346 g/mol. The molecule has 27 heavy (non-hydrogen) atoms. The van der Waals surface area contributed by atoms with Crippen molar-refractivity contribution in [3.63, 3.8) is 0 Å². The second-order valence-corrected chi connectivity index (χ2v) is 7.35. The molecule has 0 atom stereocenters. The van der Waals surface area contributed by atoms with Crippen molar-refractivity contribution in [3.05, 3.63) is 35.1 Å². The Morgan fingerprint density at radius 3 is 2.63 bits per heavy atom. The third-order valence-corrected chi connectivity index (χ3v) is 5.84. The molecule has 0 radical (unpaired) electrons. The minimum Gasteiger partial charge on any atom is -0.436 e. The number of likely N-dealkylation sites (tertiary alicyclic amines) is 1. The summed E-state index contributed by atoms with van der Waals surface area (Å²) in [6.45, 7) is 7.22. The number of aryl methyl sites for hydroxylation is 2. The molecule has 8 nitrogen and oxygen atoms in total. The van der Waals surface area contributed by atoms with Crippen LogP contribution in [0, 0.1) is 13.8 Å². The van der Waals surface area contributed by atoms with E-state index in [-0.39, 0.29) is 11.8 Å². The molecule has 0 bridgehead atoms. The number of carbonyl (C=O) groups excluding carboxylic acids is 2. The van der Waals surface area contributed by atoms with Crippen LogP contribution in [-0.4, -0.2) is 56.2 Å². The lowest BCUT2D eigenvalue weighted by molar-refractivity contribution is -0.141. The fraction of sp³-hybridized carbons (Fsp3) is 0.579. The molecule has 2 amide bonds. The highest BCUT2D eigenvalue weighted by Crippen LogP contribution is 2.42. The topological polar surface area (TPSA) is 95.3 Å². The number of amides is 2. The van der Waals surface area contributed by atoms with Gasteiger partial charge in [-0.1, -0.05) is 6.92 Å². The Morgan fingerprint density at radius 2 is 2.00 bits per heavy atom. The molecule has 2 aromatic rings. The van der Waals surface area contributed by atoms with Gasteiger partial charge in [-0.3, -0.25) is 9.59 Å².